The van der Waals surface area contributed by atoms with Crippen molar-refractivity contribution >= 4 is 59.8 Å². The molecular formula is C16H30N4O5S3. The number of thioether (sulfide) groups is 2. The monoisotopic (exact) mass is 454 g/mol. The molecule has 4 unspecified atom stereocenters. The summed E-state index contributed by atoms with van der Waals surface area (Å²) >= 11 is 7.07. The maximum Gasteiger partial charge on any atom is 0.326 e. The van der Waals surface area contributed by atoms with Crippen LogP contribution in [-0.2, 0) is 19.2 Å². The Labute approximate surface area is 179 Å². The van der Waals surface area contributed by atoms with Gasteiger partial charge in [-0.05, 0) is 43.8 Å². The van der Waals surface area contributed by atoms with Crippen LogP contribution in [0, 0.1) is 0 Å². The second-order valence-electron chi connectivity index (χ2n) is 6.04. The summed E-state index contributed by atoms with van der Waals surface area (Å²) in [6, 6.07) is -3.71. The molecule has 28 heavy (non-hydrogen) atoms. The topological polar surface area (TPSA) is 151 Å². The van der Waals surface area contributed by atoms with Crippen LogP contribution in [-0.4, -0.2) is 82.7 Å². The van der Waals surface area contributed by atoms with Gasteiger partial charge in [0.15, 0.2) is 0 Å². The summed E-state index contributed by atoms with van der Waals surface area (Å²) < 4.78 is 0. The number of aliphatic carboxylic acids is 1. The summed E-state index contributed by atoms with van der Waals surface area (Å²) in [6.45, 7) is 1.47. The lowest BCUT2D eigenvalue weighted by Gasteiger charge is -2.22. The zero-order chi connectivity index (χ0) is 21.7. The number of rotatable bonds is 14. The Morgan fingerprint density at radius 1 is 0.929 bits per heavy atom. The molecule has 0 radical (unpaired) electrons. The molecule has 9 nitrogen and oxygen atoms in total. The summed E-state index contributed by atoms with van der Waals surface area (Å²) in [4.78, 5) is 47.8. The summed E-state index contributed by atoms with van der Waals surface area (Å²) in [6.07, 6.45) is 4.48. The number of carbonyl (C=O) groups is 4. The fourth-order valence-corrected chi connectivity index (χ4v) is 3.24. The molecule has 0 fully saturated rings. The molecule has 0 aromatic carbocycles. The van der Waals surface area contributed by atoms with Gasteiger partial charge in [-0.3, -0.25) is 14.4 Å². The van der Waals surface area contributed by atoms with Crippen molar-refractivity contribution in [2.24, 2.45) is 5.73 Å². The first-order valence-corrected chi connectivity index (χ1v) is 12.1. The highest BCUT2D eigenvalue weighted by atomic mass is 32.2. The Morgan fingerprint density at radius 2 is 1.46 bits per heavy atom. The van der Waals surface area contributed by atoms with Gasteiger partial charge in [0, 0.05) is 5.75 Å². The van der Waals surface area contributed by atoms with E-state index >= 15 is 0 Å². The van der Waals surface area contributed by atoms with E-state index in [4.69, 9.17) is 5.73 Å². The maximum absolute atomic E-state index is 12.3. The van der Waals surface area contributed by atoms with Crippen molar-refractivity contribution in [3.05, 3.63) is 0 Å². The number of hydrogen-bond acceptors (Lipinski definition) is 8. The molecule has 0 aliphatic carbocycles. The third kappa shape index (κ3) is 10.4. The van der Waals surface area contributed by atoms with E-state index in [0.29, 0.717) is 12.2 Å². The van der Waals surface area contributed by atoms with E-state index in [2.05, 4.69) is 28.6 Å². The van der Waals surface area contributed by atoms with Gasteiger partial charge in [-0.15, -0.1) is 0 Å². The summed E-state index contributed by atoms with van der Waals surface area (Å²) in [7, 11) is 0. The van der Waals surface area contributed by atoms with Gasteiger partial charge in [0.05, 0.1) is 6.04 Å². The minimum absolute atomic E-state index is 0.0274. The Hall–Kier alpha value is -1.11. The van der Waals surface area contributed by atoms with Crippen LogP contribution in [0.2, 0.25) is 0 Å². The summed E-state index contributed by atoms with van der Waals surface area (Å²) in [5.74, 6) is -1.58. The highest BCUT2D eigenvalue weighted by Crippen LogP contribution is 2.03. The molecule has 12 heteroatoms. The van der Waals surface area contributed by atoms with Gasteiger partial charge in [0.25, 0.3) is 0 Å². The van der Waals surface area contributed by atoms with E-state index in [1.165, 1.54) is 18.7 Å². The molecular weight excluding hydrogens is 424 g/mol. The zero-order valence-electron chi connectivity index (χ0n) is 16.3. The van der Waals surface area contributed by atoms with Gasteiger partial charge in [-0.25, -0.2) is 4.79 Å². The highest BCUT2D eigenvalue weighted by molar-refractivity contribution is 7.98. The van der Waals surface area contributed by atoms with Crippen molar-refractivity contribution in [2.45, 2.75) is 43.9 Å². The predicted octanol–water partition coefficient (Wildman–Crippen LogP) is -0.691. The minimum atomic E-state index is -1.15. The molecule has 0 rings (SSSR count). The molecule has 0 aliphatic rings. The van der Waals surface area contributed by atoms with E-state index in [9.17, 15) is 24.3 Å². The second kappa shape index (κ2) is 14.8. The second-order valence-corrected chi connectivity index (χ2v) is 8.38. The molecule has 0 bridgehead atoms. The fraction of sp³-hybridized carbons (Fsp3) is 0.750. The van der Waals surface area contributed by atoms with Crippen LogP contribution in [0.15, 0.2) is 0 Å². The predicted molar refractivity (Wildman–Crippen MR) is 117 cm³/mol. The SMILES string of the molecule is CSCCC(N)C(=O)NC(C)C(=O)NC(CS)C(=O)NC(CCSC)C(=O)O. The molecule has 0 saturated heterocycles. The number of hydrogen-bond donors (Lipinski definition) is 6. The summed E-state index contributed by atoms with van der Waals surface area (Å²) in [5, 5.41) is 16.6. The third-order valence-corrected chi connectivity index (χ3v) is 5.42. The third-order valence-electron chi connectivity index (χ3n) is 3.76. The first-order chi connectivity index (χ1) is 13.2. The standard InChI is InChI=1S/C16H30N4O5S3/c1-9(18-14(22)10(17)4-6-27-2)13(21)20-12(8-26)15(23)19-11(16(24)25)5-7-28-3/h9-12,26H,4-8,17H2,1-3H3,(H,18,22)(H,19,23)(H,20,21)(H,24,25). The van der Waals surface area contributed by atoms with E-state index in [0.717, 1.165) is 5.75 Å². The Kier molecular flexibility index (Phi) is 14.2. The van der Waals surface area contributed by atoms with Crippen molar-refractivity contribution in [3.8, 4) is 0 Å². The van der Waals surface area contributed by atoms with Crippen LogP contribution >= 0.6 is 36.2 Å². The number of carbonyl (C=O) groups excluding carboxylic acids is 3. The van der Waals surface area contributed by atoms with E-state index in [1.807, 2.05) is 12.5 Å². The molecule has 0 aliphatic heterocycles. The average Bonchev–Trinajstić information content (AvgIpc) is 2.66. The van der Waals surface area contributed by atoms with Crippen molar-refractivity contribution < 1.29 is 24.3 Å². The van der Waals surface area contributed by atoms with E-state index < -0.39 is 47.9 Å². The van der Waals surface area contributed by atoms with Gasteiger partial charge in [0.1, 0.15) is 18.1 Å². The van der Waals surface area contributed by atoms with Gasteiger partial charge in [-0.1, -0.05) is 0 Å². The summed E-state index contributed by atoms with van der Waals surface area (Å²) in [5.41, 5.74) is 5.76. The van der Waals surface area contributed by atoms with Crippen LogP contribution in [0.3, 0.4) is 0 Å². The van der Waals surface area contributed by atoms with Crippen LogP contribution in [0.1, 0.15) is 19.8 Å². The molecule has 0 aromatic rings. The number of carboxylic acid groups (broad SMARTS) is 1. The molecule has 0 heterocycles. The van der Waals surface area contributed by atoms with Crippen LogP contribution < -0.4 is 21.7 Å². The molecule has 3 amide bonds. The quantitative estimate of drug-likeness (QED) is 0.189. The van der Waals surface area contributed by atoms with Gasteiger partial charge in [-0.2, -0.15) is 36.2 Å². The number of carboxylic acids is 1. The van der Waals surface area contributed by atoms with E-state index in [-0.39, 0.29) is 12.2 Å². The van der Waals surface area contributed by atoms with Crippen molar-refractivity contribution in [1.29, 1.82) is 0 Å². The normalized spacial score (nSPS) is 15.0. The largest absolute Gasteiger partial charge is 0.480 e. The van der Waals surface area contributed by atoms with Crippen molar-refractivity contribution in [3.63, 3.8) is 0 Å². The lowest BCUT2D eigenvalue weighted by Crippen LogP contribution is -2.57. The molecule has 162 valence electrons. The first-order valence-electron chi connectivity index (χ1n) is 8.66. The van der Waals surface area contributed by atoms with Crippen LogP contribution in [0.4, 0.5) is 0 Å². The highest BCUT2D eigenvalue weighted by Gasteiger charge is 2.27. The average molecular weight is 455 g/mol. The van der Waals surface area contributed by atoms with Gasteiger partial charge < -0.3 is 26.8 Å². The number of thiol groups is 1. The number of nitrogens with two attached hydrogens (primary N) is 1. The Bertz CT molecular complexity index is 538. The molecule has 6 N–H and O–H groups in total. The lowest BCUT2D eigenvalue weighted by atomic mass is 10.2. The Morgan fingerprint density at radius 3 is 1.96 bits per heavy atom. The lowest BCUT2D eigenvalue weighted by molar-refractivity contribution is -0.142. The fourth-order valence-electron chi connectivity index (χ4n) is 2.02. The van der Waals surface area contributed by atoms with Gasteiger partial charge >= 0.3 is 5.97 Å². The molecule has 0 spiro atoms. The molecule has 0 saturated carbocycles. The molecule has 4 atom stereocenters. The number of amides is 3. The maximum atomic E-state index is 12.3. The van der Waals surface area contributed by atoms with Crippen LogP contribution in [0.25, 0.3) is 0 Å². The molecule has 0 aromatic heterocycles. The zero-order valence-corrected chi connectivity index (χ0v) is 18.8. The smallest absolute Gasteiger partial charge is 0.326 e. The first kappa shape index (κ1) is 26.9. The number of nitrogens with one attached hydrogen (secondary N) is 3. The Balaban J connectivity index is 4.72. The van der Waals surface area contributed by atoms with E-state index in [1.54, 1.807) is 11.8 Å². The van der Waals surface area contributed by atoms with Crippen molar-refractivity contribution in [2.75, 3.05) is 29.8 Å². The van der Waals surface area contributed by atoms with Crippen LogP contribution in [0.5, 0.6) is 0 Å². The minimum Gasteiger partial charge on any atom is -0.480 e. The van der Waals surface area contributed by atoms with Crippen molar-refractivity contribution in [1.82, 2.24) is 16.0 Å². The van der Waals surface area contributed by atoms with Gasteiger partial charge in [0.2, 0.25) is 17.7 Å².